The SMILES string of the molecule is CCNC(=NCc1cn(C)nc1C(F)(F)F)N(C)Cc1ccc(OCC)cc1. The van der Waals surface area contributed by atoms with Gasteiger partial charge in [-0.15, -0.1) is 0 Å². The summed E-state index contributed by atoms with van der Waals surface area (Å²) >= 11 is 0. The molecule has 1 heterocycles. The number of aryl methyl sites for hydroxylation is 1. The van der Waals surface area contributed by atoms with Crippen molar-refractivity contribution < 1.29 is 17.9 Å². The van der Waals surface area contributed by atoms with Gasteiger partial charge in [-0.05, 0) is 31.5 Å². The van der Waals surface area contributed by atoms with Crippen LogP contribution in [0.15, 0.2) is 35.5 Å². The van der Waals surface area contributed by atoms with Gasteiger partial charge in [-0.3, -0.25) is 4.68 Å². The van der Waals surface area contributed by atoms with Crippen molar-refractivity contribution >= 4 is 5.96 Å². The lowest BCUT2D eigenvalue weighted by molar-refractivity contribution is -0.142. The number of alkyl halides is 3. The fourth-order valence-electron chi connectivity index (χ4n) is 2.73. The number of hydrogen-bond acceptors (Lipinski definition) is 3. The molecular weight excluding hydrogens is 371 g/mol. The lowest BCUT2D eigenvalue weighted by Gasteiger charge is -2.22. The van der Waals surface area contributed by atoms with E-state index < -0.39 is 11.9 Å². The van der Waals surface area contributed by atoms with Crippen LogP contribution >= 0.6 is 0 Å². The summed E-state index contributed by atoms with van der Waals surface area (Å²) in [6, 6.07) is 7.69. The number of hydrogen-bond donors (Lipinski definition) is 1. The molecular formula is C19H26F3N5O. The summed E-state index contributed by atoms with van der Waals surface area (Å²) in [5.41, 5.74) is 0.178. The summed E-state index contributed by atoms with van der Waals surface area (Å²) in [5, 5.41) is 6.63. The zero-order valence-electron chi connectivity index (χ0n) is 16.5. The first-order valence-corrected chi connectivity index (χ1v) is 9.05. The maximum Gasteiger partial charge on any atom is 0.435 e. The Labute approximate surface area is 163 Å². The lowest BCUT2D eigenvalue weighted by atomic mass is 10.2. The summed E-state index contributed by atoms with van der Waals surface area (Å²) in [6.45, 7) is 5.48. The fourth-order valence-corrected chi connectivity index (χ4v) is 2.73. The number of rotatable bonds is 7. The topological polar surface area (TPSA) is 54.7 Å². The predicted octanol–water partition coefficient (Wildman–Crippen LogP) is 3.44. The maximum absolute atomic E-state index is 13.1. The number of guanidine groups is 1. The minimum Gasteiger partial charge on any atom is -0.494 e. The van der Waals surface area contributed by atoms with E-state index in [-0.39, 0.29) is 12.1 Å². The van der Waals surface area contributed by atoms with Crippen molar-refractivity contribution in [2.24, 2.45) is 12.0 Å². The van der Waals surface area contributed by atoms with Crippen LogP contribution in [0.2, 0.25) is 0 Å². The Morgan fingerprint density at radius 1 is 1.25 bits per heavy atom. The Kier molecular flexibility index (Phi) is 7.31. The number of benzene rings is 1. The molecule has 2 aromatic rings. The zero-order chi connectivity index (χ0) is 20.7. The Morgan fingerprint density at radius 3 is 2.50 bits per heavy atom. The smallest absolute Gasteiger partial charge is 0.435 e. The Hall–Kier alpha value is -2.71. The van der Waals surface area contributed by atoms with Crippen LogP contribution in [0.25, 0.3) is 0 Å². The van der Waals surface area contributed by atoms with Crippen LogP contribution in [0.4, 0.5) is 13.2 Å². The quantitative estimate of drug-likeness (QED) is 0.575. The molecule has 2 rings (SSSR count). The highest BCUT2D eigenvalue weighted by Gasteiger charge is 2.36. The van der Waals surface area contributed by atoms with Crippen LogP contribution in [-0.2, 0) is 26.3 Å². The van der Waals surface area contributed by atoms with E-state index in [0.717, 1.165) is 16.0 Å². The molecule has 6 nitrogen and oxygen atoms in total. The number of nitrogens with one attached hydrogen (secondary N) is 1. The molecule has 0 atom stereocenters. The Balaban J connectivity index is 2.13. The van der Waals surface area contributed by atoms with E-state index in [0.29, 0.717) is 25.7 Å². The molecule has 0 amide bonds. The third-order valence-corrected chi connectivity index (χ3v) is 3.92. The second kappa shape index (κ2) is 9.48. The number of halogens is 3. The third kappa shape index (κ3) is 5.90. The van der Waals surface area contributed by atoms with Gasteiger partial charge >= 0.3 is 6.18 Å². The number of aliphatic imine (C=N–C) groups is 1. The summed E-state index contributed by atoms with van der Waals surface area (Å²) < 4.78 is 45.9. The van der Waals surface area contributed by atoms with Gasteiger partial charge in [0.05, 0.1) is 13.2 Å². The highest BCUT2D eigenvalue weighted by molar-refractivity contribution is 5.79. The summed E-state index contributed by atoms with van der Waals surface area (Å²) in [7, 11) is 3.30. The molecule has 9 heteroatoms. The molecule has 28 heavy (non-hydrogen) atoms. The van der Waals surface area contributed by atoms with Crippen molar-refractivity contribution in [2.45, 2.75) is 33.1 Å². The highest BCUT2D eigenvalue weighted by atomic mass is 19.4. The van der Waals surface area contributed by atoms with Crippen molar-refractivity contribution in [3.63, 3.8) is 0 Å². The largest absolute Gasteiger partial charge is 0.494 e. The van der Waals surface area contributed by atoms with Gasteiger partial charge in [-0.25, -0.2) is 4.99 Å². The van der Waals surface area contributed by atoms with Crippen molar-refractivity contribution in [2.75, 3.05) is 20.2 Å². The zero-order valence-corrected chi connectivity index (χ0v) is 16.5. The van der Waals surface area contributed by atoms with Crippen LogP contribution in [0.1, 0.15) is 30.7 Å². The van der Waals surface area contributed by atoms with Crippen molar-refractivity contribution in [1.82, 2.24) is 20.0 Å². The minimum atomic E-state index is -4.50. The molecule has 0 radical (unpaired) electrons. The van der Waals surface area contributed by atoms with Gasteiger partial charge in [0, 0.05) is 38.9 Å². The minimum absolute atomic E-state index is 0.0415. The highest BCUT2D eigenvalue weighted by Crippen LogP contribution is 2.30. The van der Waals surface area contributed by atoms with E-state index in [1.807, 2.05) is 50.1 Å². The van der Waals surface area contributed by atoms with Crippen molar-refractivity contribution in [1.29, 1.82) is 0 Å². The number of ether oxygens (including phenoxy) is 1. The second-order valence-electron chi connectivity index (χ2n) is 6.28. The van der Waals surface area contributed by atoms with Gasteiger partial charge in [-0.1, -0.05) is 12.1 Å². The van der Waals surface area contributed by atoms with Gasteiger partial charge in [-0.2, -0.15) is 18.3 Å². The Morgan fingerprint density at radius 2 is 1.93 bits per heavy atom. The Bertz CT molecular complexity index is 784. The third-order valence-electron chi connectivity index (χ3n) is 3.92. The second-order valence-corrected chi connectivity index (χ2v) is 6.28. The molecule has 1 aromatic carbocycles. The van der Waals surface area contributed by atoms with E-state index in [9.17, 15) is 13.2 Å². The molecule has 154 valence electrons. The van der Waals surface area contributed by atoms with Gasteiger partial charge in [0.15, 0.2) is 11.7 Å². The normalized spacial score (nSPS) is 12.2. The number of nitrogens with zero attached hydrogens (tertiary/aromatic N) is 4. The predicted molar refractivity (Wildman–Crippen MR) is 102 cm³/mol. The van der Waals surface area contributed by atoms with Crippen molar-refractivity contribution in [3.05, 3.63) is 47.3 Å². The average molecular weight is 397 g/mol. The molecule has 0 bridgehead atoms. The first-order chi connectivity index (χ1) is 13.2. The molecule has 0 saturated carbocycles. The van der Waals surface area contributed by atoms with E-state index in [2.05, 4.69) is 15.4 Å². The first-order valence-electron chi connectivity index (χ1n) is 9.05. The summed E-state index contributed by atoms with van der Waals surface area (Å²) in [6.07, 6.45) is -3.15. The molecule has 1 N–H and O–H groups in total. The van der Waals surface area contributed by atoms with E-state index >= 15 is 0 Å². The van der Waals surface area contributed by atoms with E-state index in [4.69, 9.17) is 4.74 Å². The average Bonchev–Trinajstić information content (AvgIpc) is 3.01. The standard InChI is InChI=1S/C19H26F3N5O/c1-5-23-18(24-11-15-13-27(4)25-17(15)19(20,21)22)26(3)12-14-7-9-16(10-8-14)28-6-2/h7-10,13H,5-6,11-12H2,1-4H3,(H,23,24). The molecule has 1 aromatic heterocycles. The van der Waals surface area contributed by atoms with Crippen LogP contribution in [-0.4, -0.2) is 40.8 Å². The molecule has 0 aliphatic rings. The molecule has 0 saturated heterocycles. The molecule has 0 fully saturated rings. The lowest BCUT2D eigenvalue weighted by Crippen LogP contribution is -2.38. The number of aromatic nitrogens is 2. The fraction of sp³-hybridized carbons (Fsp3) is 0.474. The monoisotopic (exact) mass is 397 g/mol. The van der Waals surface area contributed by atoms with Gasteiger partial charge in [0.2, 0.25) is 0 Å². The molecule has 0 unspecified atom stereocenters. The van der Waals surface area contributed by atoms with Crippen LogP contribution in [0, 0.1) is 0 Å². The van der Waals surface area contributed by atoms with Crippen LogP contribution in [0.3, 0.4) is 0 Å². The van der Waals surface area contributed by atoms with Gasteiger partial charge < -0.3 is 15.0 Å². The summed E-state index contributed by atoms with van der Waals surface area (Å²) in [5.74, 6) is 1.32. The van der Waals surface area contributed by atoms with Crippen LogP contribution < -0.4 is 10.1 Å². The molecule has 0 aliphatic heterocycles. The van der Waals surface area contributed by atoms with Gasteiger partial charge in [0.1, 0.15) is 5.75 Å². The maximum atomic E-state index is 13.1. The van der Waals surface area contributed by atoms with Crippen molar-refractivity contribution in [3.8, 4) is 5.75 Å². The van der Waals surface area contributed by atoms with Crippen LogP contribution in [0.5, 0.6) is 5.75 Å². The van der Waals surface area contributed by atoms with E-state index in [1.54, 1.807) is 0 Å². The molecule has 0 spiro atoms. The first kappa shape index (κ1) is 21.6. The van der Waals surface area contributed by atoms with Gasteiger partial charge in [0.25, 0.3) is 0 Å². The van der Waals surface area contributed by atoms with E-state index in [1.165, 1.54) is 13.2 Å². The molecule has 0 aliphatic carbocycles. The summed E-state index contributed by atoms with van der Waals surface area (Å²) in [4.78, 5) is 6.23.